The molecule has 1 amide bonds. The van der Waals surface area contributed by atoms with E-state index >= 15 is 0 Å². The van der Waals surface area contributed by atoms with Crippen molar-refractivity contribution in [3.63, 3.8) is 0 Å². The van der Waals surface area contributed by atoms with E-state index in [0.29, 0.717) is 10.0 Å². The maximum absolute atomic E-state index is 12.1. The van der Waals surface area contributed by atoms with Gasteiger partial charge in [0, 0.05) is 10.0 Å². The summed E-state index contributed by atoms with van der Waals surface area (Å²) in [6.07, 6.45) is 1.36. The molecule has 3 aromatic rings. The molecule has 0 saturated heterocycles. The van der Waals surface area contributed by atoms with E-state index in [2.05, 4.69) is 52.6 Å². The van der Waals surface area contributed by atoms with Crippen molar-refractivity contribution in [1.82, 2.24) is 15.6 Å². The number of carbonyl (C=O) groups is 1. The lowest BCUT2D eigenvalue weighted by Gasteiger charge is -2.02. The van der Waals surface area contributed by atoms with Gasteiger partial charge in [0.2, 0.25) is 0 Å². The van der Waals surface area contributed by atoms with Crippen LogP contribution in [0.1, 0.15) is 16.1 Å². The molecule has 9 heteroatoms. The molecule has 0 unspecified atom stereocenters. The van der Waals surface area contributed by atoms with Gasteiger partial charge in [-0.1, -0.05) is 22.0 Å². The standard InChI is InChI=1S/C15H10Br2N4O2S/c16-9-4-8(14(22)10(17)5-9)7-18-21-15(23)12-6-11(19-20-12)13-2-1-3-24-13/h1-7,22H,(H,19,20)(H,21,23)/b18-7+. The third-order valence-corrected chi connectivity index (χ3v) is 4.99. The fourth-order valence-electron chi connectivity index (χ4n) is 1.90. The van der Waals surface area contributed by atoms with E-state index in [1.807, 2.05) is 17.5 Å². The van der Waals surface area contributed by atoms with Crippen molar-refractivity contribution in [1.29, 1.82) is 0 Å². The number of aromatic nitrogens is 2. The molecule has 2 aromatic heterocycles. The third kappa shape index (κ3) is 3.74. The van der Waals surface area contributed by atoms with E-state index < -0.39 is 5.91 Å². The number of phenols is 1. The second-order valence-electron chi connectivity index (χ2n) is 4.67. The van der Waals surface area contributed by atoms with E-state index in [-0.39, 0.29) is 11.4 Å². The molecule has 3 N–H and O–H groups in total. The summed E-state index contributed by atoms with van der Waals surface area (Å²) in [5.74, 6) is -0.408. The number of halogens is 2. The van der Waals surface area contributed by atoms with Crippen LogP contribution in [0.15, 0.2) is 49.8 Å². The molecule has 0 spiro atoms. The molecule has 0 aliphatic heterocycles. The van der Waals surface area contributed by atoms with Crippen LogP contribution in [-0.4, -0.2) is 27.4 Å². The smallest absolute Gasteiger partial charge is 0.291 e. The Kier molecular flexibility index (Phi) is 5.12. The Labute approximate surface area is 157 Å². The van der Waals surface area contributed by atoms with Gasteiger partial charge in [0.05, 0.1) is 21.3 Å². The summed E-state index contributed by atoms with van der Waals surface area (Å²) >= 11 is 8.11. The topological polar surface area (TPSA) is 90.4 Å². The Morgan fingerprint density at radius 1 is 1.38 bits per heavy atom. The molecule has 0 fully saturated rings. The minimum Gasteiger partial charge on any atom is -0.506 e. The lowest BCUT2D eigenvalue weighted by molar-refractivity contribution is 0.0950. The Morgan fingerprint density at radius 3 is 2.96 bits per heavy atom. The highest BCUT2D eigenvalue weighted by Gasteiger charge is 2.11. The molecule has 0 atom stereocenters. The molecule has 2 heterocycles. The van der Waals surface area contributed by atoms with Crippen molar-refractivity contribution in [2.24, 2.45) is 5.10 Å². The van der Waals surface area contributed by atoms with Gasteiger partial charge in [-0.05, 0) is 45.6 Å². The molecule has 0 saturated carbocycles. The minimum absolute atomic E-state index is 0.0379. The Morgan fingerprint density at radius 2 is 2.21 bits per heavy atom. The first-order chi connectivity index (χ1) is 11.5. The number of aromatic amines is 1. The summed E-state index contributed by atoms with van der Waals surface area (Å²) in [6, 6.07) is 8.91. The first-order valence-electron chi connectivity index (χ1n) is 6.65. The van der Waals surface area contributed by atoms with Gasteiger partial charge < -0.3 is 5.11 Å². The van der Waals surface area contributed by atoms with E-state index in [1.54, 1.807) is 29.5 Å². The minimum atomic E-state index is -0.446. The molecule has 0 aliphatic carbocycles. The van der Waals surface area contributed by atoms with Crippen LogP contribution in [0.25, 0.3) is 10.6 Å². The lowest BCUT2D eigenvalue weighted by Crippen LogP contribution is -2.18. The maximum atomic E-state index is 12.1. The molecule has 24 heavy (non-hydrogen) atoms. The van der Waals surface area contributed by atoms with Gasteiger partial charge in [0.15, 0.2) is 5.69 Å². The summed E-state index contributed by atoms with van der Waals surface area (Å²) in [7, 11) is 0. The quantitative estimate of drug-likeness (QED) is 0.396. The summed E-state index contributed by atoms with van der Waals surface area (Å²) < 4.78 is 1.30. The molecular weight excluding hydrogens is 460 g/mol. The number of thiophene rings is 1. The number of amides is 1. The average molecular weight is 470 g/mol. The predicted molar refractivity (Wildman–Crippen MR) is 100 cm³/mol. The second kappa shape index (κ2) is 7.29. The van der Waals surface area contributed by atoms with Crippen LogP contribution in [0.5, 0.6) is 5.75 Å². The second-order valence-corrected chi connectivity index (χ2v) is 7.39. The zero-order chi connectivity index (χ0) is 17.1. The number of nitrogens with zero attached hydrogens (tertiary/aromatic N) is 2. The van der Waals surface area contributed by atoms with E-state index in [0.717, 1.165) is 15.0 Å². The van der Waals surface area contributed by atoms with Crippen molar-refractivity contribution in [3.05, 3.63) is 55.9 Å². The summed E-state index contributed by atoms with van der Waals surface area (Å²) in [4.78, 5) is 13.0. The van der Waals surface area contributed by atoms with Crippen LogP contribution in [0.3, 0.4) is 0 Å². The Hall–Kier alpha value is -1.97. The molecular formula is C15H10Br2N4O2S. The largest absolute Gasteiger partial charge is 0.506 e. The highest BCUT2D eigenvalue weighted by Crippen LogP contribution is 2.30. The van der Waals surface area contributed by atoms with Gasteiger partial charge in [0.25, 0.3) is 5.91 Å². The van der Waals surface area contributed by atoms with Crippen LogP contribution in [0.4, 0.5) is 0 Å². The first kappa shape index (κ1) is 16.9. The molecule has 122 valence electrons. The number of hydrogen-bond acceptors (Lipinski definition) is 5. The predicted octanol–water partition coefficient (Wildman–Crippen LogP) is 4.13. The summed E-state index contributed by atoms with van der Waals surface area (Å²) in [6.45, 7) is 0. The third-order valence-electron chi connectivity index (χ3n) is 3.02. The number of hydrazone groups is 1. The van der Waals surface area contributed by atoms with Gasteiger partial charge in [0.1, 0.15) is 5.75 Å². The van der Waals surface area contributed by atoms with E-state index in [1.165, 1.54) is 6.21 Å². The fraction of sp³-hybridized carbons (Fsp3) is 0. The molecule has 0 aliphatic rings. The van der Waals surface area contributed by atoms with E-state index in [4.69, 9.17) is 0 Å². The van der Waals surface area contributed by atoms with Crippen molar-refractivity contribution in [2.75, 3.05) is 0 Å². The Bertz CT molecular complexity index is 906. The molecule has 3 rings (SSSR count). The maximum Gasteiger partial charge on any atom is 0.291 e. The molecule has 6 nitrogen and oxygen atoms in total. The average Bonchev–Trinajstić information content (AvgIpc) is 3.22. The lowest BCUT2D eigenvalue weighted by atomic mass is 10.2. The molecule has 1 aromatic carbocycles. The number of carbonyl (C=O) groups excluding carboxylic acids is 1. The number of aromatic hydroxyl groups is 1. The van der Waals surface area contributed by atoms with Crippen molar-refractivity contribution in [2.45, 2.75) is 0 Å². The number of nitrogens with one attached hydrogen (secondary N) is 2. The van der Waals surface area contributed by atoms with Gasteiger partial charge in [-0.3, -0.25) is 9.89 Å². The van der Waals surface area contributed by atoms with E-state index in [9.17, 15) is 9.90 Å². The summed E-state index contributed by atoms with van der Waals surface area (Å²) in [5.41, 5.74) is 3.84. The van der Waals surface area contributed by atoms with Gasteiger partial charge >= 0.3 is 0 Å². The van der Waals surface area contributed by atoms with Crippen LogP contribution < -0.4 is 5.43 Å². The zero-order valence-electron chi connectivity index (χ0n) is 12.0. The van der Waals surface area contributed by atoms with Crippen molar-refractivity contribution in [3.8, 4) is 16.3 Å². The van der Waals surface area contributed by atoms with Crippen molar-refractivity contribution < 1.29 is 9.90 Å². The normalized spacial score (nSPS) is 11.1. The van der Waals surface area contributed by atoms with Gasteiger partial charge in [-0.15, -0.1) is 11.3 Å². The highest BCUT2D eigenvalue weighted by atomic mass is 79.9. The van der Waals surface area contributed by atoms with Crippen LogP contribution in [0, 0.1) is 0 Å². The molecule has 0 radical (unpaired) electrons. The number of phenolic OH excluding ortho intramolecular Hbond substituents is 1. The monoisotopic (exact) mass is 468 g/mol. The number of hydrogen-bond donors (Lipinski definition) is 3. The fourth-order valence-corrected chi connectivity index (χ4v) is 3.85. The highest BCUT2D eigenvalue weighted by molar-refractivity contribution is 9.11. The molecule has 0 bridgehead atoms. The zero-order valence-corrected chi connectivity index (χ0v) is 15.9. The Balaban J connectivity index is 1.70. The summed E-state index contributed by atoms with van der Waals surface area (Å²) in [5, 5.41) is 22.5. The van der Waals surface area contributed by atoms with Gasteiger partial charge in [-0.2, -0.15) is 10.2 Å². The van der Waals surface area contributed by atoms with Crippen LogP contribution in [-0.2, 0) is 0 Å². The number of benzene rings is 1. The van der Waals surface area contributed by atoms with Crippen LogP contribution in [0.2, 0.25) is 0 Å². The first-order valence-corrected chi connectivity index (χ1v) is 9.12. The van der Waals surface area contributed by atoms with Gasteiger partial charge in [-0.25, -0.2) is 5.43 Å². The number of rotatable bonds is 4. The SMILES string of the molecule is O=C(N/N=C/c1cc(Br)cc(Br)c1O)c1cc(-c2cccs2)[nH]n1. The number of H-pyrrole nitrogens is 1. The van der Waals surface area contributed by atoms with Crippen molar-refractivity contribution >= 4 is 55.3 Å². The van der Waals surface area contributed by atoms with Crippen LogP contribution >= 0.6 is 43.2 Å².